The van der Waals surface area contributed by atoms with Crippen LogP contribution in [0.4, 0.5) is 17.3 Å². The molecule has 0 bridgehead atoms. The van der Waals surface area contributed by atoms with E-state index in [4.69, 9.17) is 14.2 Å². The minimum atomic E-state index is -0.377. The highest BCUT2D eigenvalue weighted by molar-refractivity contribution is 6.04. The van der Waals surface area contributed by atoms with Crippen molar-refractivity contribution in [2.45, 2.75) is 0 Å². The Morgan fingerprint density at radius 3 is 1.96 bits per heavy atom. The highest BCUT2D eigenvalue weighted by Crippen LogP contribution is 2.38. The summed E-state index contributed by atoms with van der Waals surface area (Å²) in [7, 11) is 4.48. The summed E-state index contributed by atoms with van der Waals surface area (Å²) in [6, 6.07) is 16.1. The largest absolute Gasteiger partial charge is 0.493 e. The van der Waals surface area contributed by atoms with Gasteiger partial charge in [0, 0.05) is 11.3 Å². The van der Waals surface area contributed by atoms with E-state index in [0.29, 0.717) is 34.4 Å². The number of benzene rings is 2. The number of hydrogen-bond acceptors (Lipinski definition) is 7. The summed E-state index contributed by atoms with van der Waals surface area (Å²) in [4.78, 5) is 12.6. The normalized spacial score (nSPS) is 10.1. The molecule has 0 atom stereocenters. The number of hydrogen-bond donors (Lipinski definition) is 2. The number of nitrogens with zero attached hydrogens (tertiary/aromatic N) is 2. The van der Waals surface area contributed by atoms with Crippen molar-refractivity contribution in [2.24, 2.45) is 0 Å². The van der Waals surface area contributed by atoms with Gasteiger partial charge in [0.1, 0.15) is 0 Å². The molecule has 1 amide bonds. The first kappa shape index (κ1) is 19.0. The van der Waals surface area contributed by atoms with Crippen LogP contribution < -0.4 is 24.8 Å². The highest BCUT2D eigenvalue weighted by Gasteiger charge is 2.17. The second-order valence-electron chi connectivity index (χ2n) is 5.66. The Hall–Kier alpha value is -3.81. The van der Waals surface area contributed by atoms with Crippen LogP contribution in [0.1, 0.15) is 10.4 Å². The van der Waals surface area contributed by atoms with Crippen molar-refractivity contribution >= 4 is 23.2 Å². The number of ether oxygens (including phenoxy) is 3. The van der Waals surface area contributed by atoms with E-state index in [-0.39, 0.29) is 5.91 Å². The summed E-state index contributed by atoms with van der Waals surface area (Å²) in [5.74, 6) is 1.70. The molecule has 0 unspecified atom stereocenters. The fraction of sp³-hybridized carbons (Fsp3) is 0.150. The predicted octanol–water partition coefficient (Wildman–Crippen LogP) is 3.50. The molecule has 3 rings (SSSR count). The molecule has 2 N–H and O–H groups in total. The lowest BCUT2D eigenvalue weighted by Crippen LogP contribution is -2.14. The van der Waals surface area contributed by atoms with Crippen LogP contribution in [0.15, 0.2) is 54.6 Å². The van der Waals surface area contributed by atoms with E-state index in [9.17, 15) is 4.79 Å². The molecular formula is C20H20N4O4. The van der Waals surface area contributed by atoms with Gasteiger partial charge in [-0.1, -0.05) is 18.2 Å². The molecule has 8 heteroatoms. The minimum absolute atomic E-state index is 0.317. The number of aromatic nitrogens is 2. The number of para-hydroxylation sites is 1. The molecule has 0 aliphatic carbocycles. The van der Waals surface area contributed by atoms with Crippen molar-refractivity contribution in [1.29, 1.82) is 0 Å². The van der Waals surface area contributed by atoms with Gasteiger partial charge in [0.05, 0.1) is 21.3 Å². The molecular weight excluding hydrogens is 360 g/mol. The van der Waals surface area contributed by atoms with Crippen LogP contribution in [0, 0.1) is 0 Å². The lowest BCUT2D eigenvalue weighted by molar-refractivity contribution is 0.102. The molecule has 28 heavy (non-hydrogen) atoms. The van der Waals surface area contributed by atoms with Gasteiger partial charge in [-0.05, 0) is 36.4 Å². The van der Waals surface area contributed by atoms with E-state index in [1.165, 1.54) is 21.3 Å². The first-order chi connectivity index (χ1) is 13.6. The van der Waals surface area contributed by atoms with Crippen LogP contribution in [-0.2, 0) is 0 Å². The van der Waals surface area contributed by atoms with Gasteiger partial charge in [0.15, 0.2) is 23.1 Å². The van der Waals surface area contributed by atoms with Crippen LogP contribution in [0.5, 0.6) is 17.2 Å². The Kier molecular flexibility index (Phi) is 5.91. The van der Waals surface area contributed by atoms with Crippen LogP contribution >= 0.6 is 0 Å². The lowest BCUT2D eigenvalue weighted by atomic mass is 10.1. The maximum atomic E-state index is 12.6. The zero-order valence-corrected chi connectivity index (χ0v) is 15.7. The van der Waals surface area contributed by atoms with Crippen LogP contribution in [0.2, 0.25) is 0 Å². The molecule has 3 aromatic rings. The quantitative estimate of drug-likeness (QED) is 0.648. The monoisotopic (exact) mass is 380 g/mol. The Bertz CT molecular complexity index is 921. The third-order valence-electron chi connectivity index (χ3n) is 3.88. The van der Waals surface area contributed by atoms with Crippen molar-refractivity contribution in [2.75, 3.05) is 32.0 Å². The third-order valence-corrected chi connectivity index (χ3v) is 3.88. The van der Waals surface area contributed by atoms with Gasteiger partial charge in [-0.25, -0.2) is 0 Å². The summed E-state index contributed by atoms with van der Waals surface area (Å²) >= 11 is 0. The van der Waals surface area contributed by atoms with Gasteiger partial charge < -0.3 is 24.8 Å². The van der Waals surface area contributed by atoms with E-state index in [0.717, 1.165) is 5.69 Å². The van der Waals surface area contributed by atoms with E-state index < -0.39 is 0 Å². The van der Waals surface area contributed by atoms with Crippen molar-refractivity contribution in [3.8, 4) is 17.2 Å². The van der Waals surface area contributed by atoms with Gasteiger partial charge in [0.25, 0.3) is 5.91 Å². The van der Waals surface area contributed by atoms with E-state index in [1.807, 2.05) is 30.3 Å². The second kappa shape index (κ2) is 8.72. The van der Waals surface area contributed by atoms with Gasteiger partial charge >= 0.3 is 0 Å². The van der Waals surface area contributed by atoms with Crippen LogP contribution in [-0.4, -0.2) is 37.4 Å². The molecule has 0 aliphatic rings. The smallest absolute Gasteiger partial charge is 0.257 e. The number of carbonyl (C=O) groups is 1. The molecule has 0 saturated heterocycles. The number of rotatable bonds is 7. The number of amides is 1. The minimum Gasteiger partial charge on any atom is -0.493 e. The van der Waals surface area contributed by atoms with Crippen LogP contribution in [0.25, 0.3) is 0 Å². The first-order valence-electron chi connectivity index (χ1n) is 8.41. The molecule has 0 radical (unpaired) electrons. The summed E-state index contributed by atoms with van der Waals surface area (Å²) in [6.07, 6.45) is 0. The fourth-order valence-electron chi connectivity index (χ4n) is 2.54. The molecule has 0 fully saturated rings. The maximum Gasteiger partial charge on any atom is 0.257 e. The van der Waals surface area contributed by atoms with Gasteiger partial charge in [-0.15, -0.1) is 10.2 Å². The van der Waals surface area contributed by atoms with Crippen molar-refractivity contribution < 1.29 is 19.0 Å². The van der Waals surface area contributed by atoms with Gasteiger partial charge in [-0.2, -0.15) is 0 Å². The zero-order valence-electron chi connectivity index (χ0n) is 15.7. The zero-order chi connectivity index (χ0) is 19.9. The standard InChI is InChI=1S/C20H20N4O4/c1-26-15-11-13(12-16(27-2)19(15)28-3)20(25)22-18-10-9-17(23-24-18)21-14-7-5-4-6-8-14/h4-12H,1-3H3,(H,21,23)(H,22,24,25). The SMILES string of the molecule is COc1cc(C(=O)Nc2ccc(Nc3ccccc3)nn2)cc(OC)c1OC. The van der Waals surface area contributed by atoms with Crippen molar-refractivity contribution in [1.82, 2.24) is 10.2 Å². The topological polar surface area (TPSA) is 94.6 Å². The summed E-state index contributed by atoms with van der Waals surface area (Å²) in [5.41, 5.74) is 1.23. The number of methoxy groups -OCH3 is 3. The molecule has 1 heterocycles. The predicted molar refractivity (Wildman–Crippen MR) is 106 cm³/mol. The second-order valence-corrected chi connectivity index (χ2v) is 5.66. The molecule has 0 aliphatic heterocycles. The number of carbonyl (C=O) groups excluding carboxylic acids is 1. The number of anilines is 3. The van der Waals surface area contributed by atoms with Crippen molar-refractivity contribution in [3.05, 3.63) is 60.2 Å². The summed E-state index contributed by atoms with van der Waals surface area (Å²) in [5, 5.41) is 13.9. The summed E-state index contributed by atoms with van der Waals surface area (Å²) in [6.45, 7) is 0. The third kappa shape index (κ3) is 4.29. The molecule has 0 saturated carbocycles. The molecule has 1 aromatic heterocycles. The average molecular weight is 380 g/mol. The van der Waals surface area contributed by atoms with Crippen LogP contribution in [0.3, 0.4) is 0 Å². The van der Waals surface area contributed by atoms with E-state index in [1.54, 1.807) is 24.3 Å². The summed E-state index contributed by atoms with van der Waals surface area (Å²) < 4.78 is 15.8. The number of nitrogens with one attached hydrogen (secondary N) is 2. The van der Waals surface area contributed by atoms with Crippen molar-refractivity contribution in [3.63, 3.8) is 0 Å². The Labute approximate surface area is 162 Å². The molecule has 0 spiro atoms. The maximum absolute atomic E-state index is 12.6. The molecule has 2 aromatic carbocycles. The molecule has 8 nitrogen and oxygen atoms in total. The highest BCUT2D eigenvalue weighted by atomic mass is 16.5. The lowest BCUT2D eigenvalue weighted by Gasteiger charge is -2.14. The Morgan fingerprint density at radius 1 is 0.821 bits per heavy atom. The van der Waals surface area contributed by atoms with E-state index in [2.05, 4.69) is 20.8 Å². The van der Waals surface area contributed by atoms with Gasteiger partial charge in [0.2, 0.25) is 5.75 Å². The Morgan fingerprint density at radius 2 is 1.43 bits per heavy atom. The Balaban J connectivity index is 1.74. The van der Waals surface area contributed by atoms with Gasteiger partial charge in [-0.3, -0.25) is 4.79 Å². The average Bonchev–Trinajstić information content (AvgIpc) is 2.74. The molecule has 144 valence electrons. The first-order valence-corrected chi connectivity index (χ1v) is 8.41. The fourth-order valence-corrected chi connectivity index (χ4v) is 2.54. The van der Waals surface area contributed by atoms with E-state index >= 15 is 0 Å².